The summed E-state index contributed by atoms with van der Waals surface area (Å²) in [6, 6.07) is 15.4. The Morgan fingerprint density at radius 2 is 1.64 bits per heavy atom. The van der Waals surface area contributed by atoms with Gasteiger partial charge in [-0.05, 0) is 36.8 Å². The summed E-state index contributed by atoms with van der Waals surface area (Å²) >= 11 is 0. The minimum Gasteiger partial charge on any atom is -0.309 e. The first kappa shape index (κ1) is 20.3. The number of sulfone groups is 2. The van der Waals surface area contributed by atoms with Crippen LogP contribution in [0.25, 0.3) is 0 Å². The van der Waals surface area contributed by atoms with Crippen molar-refractivity contribution in [3.05, 3.63) is 77.2 Å². The number of benzene rings is 2. The van der Waals surface area contributed by atoms with Crippen molar-refractivity contribution >= 4 is 31.3 Å². The molecule has 6 nitrogen and oxygen atoms in total. The van der Waals surface area contributed by atoms with Gasteiger partial charge in [-0.25, -0.2) is 16.8 Å². The normalized spacial score (nSPS) is 20.2. The molecule has 1 unspecified atom stereocenters. The number of anilines is 1. The van der Waals surface area contributed by atoms with Gasteiger partial charge in [0.2, 0.25) is 0 Å². The Morgan fingerprint density at radius 1 is 1.00 bits per heavy atom. The predicted octanol–water partition coefficient (Wildman–Crippen LogP) is 2.75. The maximum absolute atomic E-state index is 12.9. The van der Waals surface area contributed by atoms with Crippen molar-refractivity contribution in [3.63, 3.8) is 0 Å². The Kier molecular flexibility index (Phi) is 5.71. The van der Waals surface area contributed by atoms with Gasteiger partial charge in [0.05, 0.1) is 11.5 Å². The van der Waals surface area contributed by atoms with Crippen molar-refractivity contribution < 1.29 is 21.6 Å². The van der Waals surface area contributed by atoms with Crippen LogP contribution in [-0.2, 0) is 19.7 Å². The monoisotopic (exact) mass is 419 g/mol. The molecule has 1 amide bonds. The second kappa shape index (κ2) is 7.89. The van der Waals surface area contributed by atoms with Gasteiger partial charge in [-0.2, -0.15) is 0 Å². The van der Waals surface area contributed by atoms with Gasteiger partial charge in [0.15, 0.2) is 19.7 Å². The van der Waals surface area contributed by atoms with Gasteiger partial charge in [0, 0.05) is 23.2 Å². The highest BCUT2D eigenvalue weighted by Gasteiger charge is 2.33. The van der Waals surface area contributed by atoms with E-state index in [1.54, 1.807) is 17.0 Å². The van der Waals surface area contributed by atoms with Gasteiger partial charge in [-0.15, -0.1) is 0 Å². The second-order valence-electron chi connectivity index (χ2n) is 6.53. The minimum atomic E-state index is -3.64. The van der Waals surface area contributed by atoms with Crippen LogP contribution in [0.5, 0.6) is 0 Å². The number of carbonyl (C=O) groups is 1. The van der Waals surface area contributed by atoms with Gasteiger partial charge in [-0.3, -0.25) is 4.79 Å². The highest BCUT2D eigenvalue weighted by molar-refractivity contribution is 7.97. The van der Waals surface area contributed by atoms with E-state index in [0.29, 0.717) is 17.7 Å². The molecule has 0 fully saturated rings. The van der Waals surface area contributed by atoms with Crippen molar-refractivity contribution in [2.45, 2.75) is 12.2 Å². The lowest BCUT2D eigenvalue weighted by Gasteiger charge is -2.21. The third-order valence-electron chi connectivity index (χ3n) is 4.61. The summed E-state index contributed by atoms with van der Waals surface area (Å²) in [6.07, 6.45) is 1.17. The van der Waals surface area contributed by atoms with E-state index in [1.807, 2.05) is 37.3 Å². The largest absolute Gasteiger partial charge is 0.309 e. The van der Waals surface area contributed by atoms with Crippen molar-refractivity contribution in [1.29, 1.82) is 0 Å². The summed E-state index contributed by atoms with van der Waals surface area (Å²) in [6.45, 7) is 2.35. The van der Waals surface area contributed by atoms with Gasteiger partial charge in [-0.1, -0.05) is 36.4 Å². The molecule has 8 heteroatoms. The summed E-state index contributed by atoms with van der Waals surface area (Å²) in [5.41, 5.74) is 1.54. The number of rotatable bonds is 4. The summed E-state index contributed by atoms with van der Waals surface area (Å²) in [4.78, 5) is 14.5. The molecule has 0 aliphatic carbocycles. The Labute approximate surface area is 165 Å². The molecule has 1 aliphatic heterocycles. The van der Waals surface area contributed by atoms with Gasteiger partial charge in [0.1, 0.15) is 5.25 Å². The van der Waals surface area contributed by atoms with E-state index in [4.69, 9.17) is 0 Å². The van der Waals surface area contributed by atoms with Crippen LogP contribution >= 0.6 is 0 Å². The van der Waals surface area contributed by atoms with Gasteiger partial charge >= 0.3 is 0 Å². The molecule has 1 atom stereocenters. The van der Waals surface area contributed by atoms with E-state index in [-0.39, 0.29) is 11.7 Å². The smallest absolute Gasteiger partial charge is 0.258 e. The molecule has 148 valence electrons. The van der Waals surface area contributed by atoms with E-state index in [1.165, 1.54) is 18.2 Å². The lowest BCUT2D eigenvalue weighted by molar-refractivity contribution is 0.0988. The molecule has 0 spiro atoms. The second-order valence-corrected chi connectivity index (χ2v) is 10.7. The summed E-state index contributed by atoms with van der Waals surface area (Å²) < 4.78 is 48.9. The van der Waals surface area contributed by atoms with E-state index < -0.39 is 30.7 Å². The Morgan fingerprint density at radius 3 is 2.25 bits per heavy atom. The Hall–Kier alpha value is -2.45. The molecule has 1 heterocycles. The first-order valence-electron chi connectivity index (χ1n) is 8.81. The zero-order valence-electron chi connectivity index (χ0n) is 15.4. The fourth-order valence-electron chi connectivity index (χ4n) is 3.16. The average molecular weight is 420 g/mol. The Balaban J connectivity index is 1.90. The zero-order valence-corrected chi connectivity index (χ0v) is 17.0. The maximum atomic E-state index is 12.9. The molecular formula is C20H21NO5S2. The number of nitrogens with zero attached hydrogens (tertiary/aromatic N) is 1. The van der Waals surface area contributed by atoms with Crippen LogP contribution in [0.4, 0.5) is 5.69 Å². The molecule has 0 N–H and O–H groups in total. The standard InChI is InChI=1S/C20H21NO5S2/c1-2-21(18-7-4-3-5-8-18)20(22)17-11-9-16(10-12-17)19-15-27(23,24)13-6-14-28(19,25)26/h3-13,19H,2,14-15H2,1H3. The molecule has 0 bridgehead atoms. The molecule has 2 aromatic carbocycles. The van der Waals surface area contributed by atoms with E-state index in [2.05, 4.69) is 0 Å². The molecule has 0 aromatic heterocycles. The molecule has 1 aliphatic rings. The van der Waals surface area contributed by atoms with Gasteiger partial charge < -0.3 is 4.90 Å². The number of hydrogen-bond acceptors (Lipinski definition) is 5. The van der Waals surface area contributed by atoms with Crippen LogP contribution < -0.4 is 4.90 Å². The van der Waals surface area contributed by atoms with E-state index in [0.717, 1.165) is 11.1 Å². The van der Waals surface area contributed by atoms with Crippen molar-refractivity contribution in [1.82, 2.24) is 0 Å². The van der Waals surface area contributed by atoms with Gasteiger partial charge in [0.25, 0.3) is 5.91 Å². The molecule has 2 aromatic rings. The lowest BCUT2D eigenvalue weighted by Crippen LogP contribution is -2.30. The fraction of sp³-hybridized carbons (Fsp3) is 0.250. The Bertz CT molecular complexity index is 1090. The number of carbonyl (C=O) groups excluding carboxylic acids is 1. The number of amides is 1. The van der Waals surface area contributed by atoms with E-state index >= 15 is 0 Å². The topological polar surface area (TPSA) is 88.6 Å². The number of hydrogen-bond donors (Lipinski definition) is 0. The first-order chi connectivity index (χ1) is 13.2. The molecule has 0 radical (unpaired) electrons. The molecular weight excluding hydrogens is 398 g/mol. The van der Waals surface area contributed by atoms with Crippen LogP contribution in [0.15, 0.2) is 66.1 Å². The third-order valence-corrected chi connectivity index (χ3v) is 8.19. The zero-order chi connectivity index (χ0) is 20.4. The van der Waals surface area contributed by atoms with E-state index in [9.17, 15) is 21.6 Å². The molecule has 0 saturated heterocycles. The molecule has 0 saturated carbocycles. The van der Waals surface area contributed by atoms with Crippen LogP contribution in [0.3, 0.4) is 0 Å². The lowest BCUT2D eigenvalue weighted by atomic mass is 10.1. The SMILES string of the molecule is CCN(C(=O)c1ccc(C2CS(=O)(=O)C=CCS2(=O)=O)cc1)c1ccccc1. The highest BCUT2D eigenvalue weighted by Crippen LogP contribution is 2.28. The predicted molar refractivity (Wildman–Crippen MR) is 110 cm³/mol. The summed E-state index contributed by atoms with van der Waals surface area (Å²) in [7, 11) is -7.24. The number of para-hydroxylation sites is 1. The van der Waals surface area contributed by atoms with Crippen molar-refractivity contribution in [2.75, 3.05) is 23.0 Å². The van der Waals surface area contributed by atoms with Crippen LogP contribution in [0, 0.1) is 0 Å². The van der Waals surface area contributed by atoms with Crippen LogP contribution in [0.2, 0.25) is 0 Å². The third kappa shape index (κ3) is 4.34. The molecule has 28 heavy (non-hydrogen) atoms. The van der Waals surface area contributed by atoms with Crippen LogP contribution in [0.1, 0.15) is 28.1 Å². The van der Waals surface area contributed by atoms with Crippen molar-refractivity contribution in [3.8, 4) is 0 Å². The summed E-state index contributed by atoms with van der Waals surface area (Å²) in [5, 5.41) is -0.186. The first-order valence-corrected chi connectivity index (χ1v) is 12.2. The maximum Gasteiger partial charge on any atom is 0.258 e. The summed E-state index contributed by atoms with van der Waals surface area (Å²) in [5.74, 6) is -1.03. The molecule has 3 rings (SSSR count). The average Bonchev–Trinajstić information content (AvgIpc) is 2.78. The quantitative estimate of drug-likeness (QED) is 0.760. The highest BCUT2D eigenvalue weighted by atomic mass is 32.2. The minimum absolute atomic E-state index is 0.210. The van der Waals surface area contributed by atoms with Crippen LogP contribution in [-0.4, -0.2) is 40.8 Å². The van der Waals surface area contributed by atoms with Crippen molar-refractivity contribution in [2.24, 2.45) is 0 Å². The fourth-order valence-corrected chi connectivity index (χ4v) is 6.96.